The third-order valence-electron chi connectivity index (χ3n) is 3.25. The molecule has 18 heavy (non-hydrogen) atoms. The van der Waals surface area contributed by atoms with Crippen molar-refractivity contribution >= 4 is 18.3 Å². The summed E-state index contributed by atoms with van der Waals surface area (Å²) in [6.45, 7) is 6.30. The fraction of sp³-hybridized carbons (Fsp3) is 0.923. The molecular formula is C13H27ClN2O2. The smallest absolute Gasteiger partial charge is 0.222 e. The van der Waals surface area contributed by atoms with Gasteiger partial charge in [-0.3, -0.25) is 4.79 Å². The van der Waals surface area contributed by atoms with Gasteiger partial charge in [-0.1, -0.05) is 0 Å². The highest BCUT2D eigenvalue weighted by Crippen LogP contribution is 2.16. The number of hydrogen-bond donors (Lipinski definition) is 1. The van der Waals surface area contributed by atoms with Gasteiger partial charge in [0.25, 0.3) is 0 Å². The van der Waals surface area contributed by atoms with E-state index in [0.29, 0.717) is 24.9 Å². The monoisotopic (exact) mass is 278 g/mol. The molecule has 1 atom stereocenters. The van der Waals surface area contributed by atoms with E-state index in [2.05, 4.69) is 5.32 Å². The molecule has 5 heteroatoms. The Bertz CT molecular complexity index is 225. The predicted molar refractivity (Wildman–Crippen MR) is 76.2 cm³/mol. The zero-order valence-corrected chi connectivity index (χ0v) is 12.4. The molecule has 108 valence electrons. The summed E-state index contributed by atoms with van der Waals surface area (Å²) >= 11 is 0. The van der Waals surface area contributed by atoms with Gasteiger partial charge in [-0.2, -0.15) is 0 Å². The maximum atomic E-state index is 12.0. The fourth-order valence-corrected chi connectivity index (χ4v) is 2.37. The molecule has 1 unspecified atom stereocenters. The number of ether oxygens (including phenoxy) is 1. The van der Waals surface area contributed by atoms with Crippen LogP contribution in [0.15, 0.2) is 0 Å². The molecule has 1 N–H and O–H groups in total. The highest BCUT2D eigenvalue weighted by atomic mass is 35.5. The summed E-state index contributed by atoms with van der Waals surface area (Å²) in [7, 11) is 1.98. The molecule has 1 aliphatic rings. The first-order valence-electron chi connectivity index (χ1n) is 6.78. The maximum absolute atomic E-state index is 12.0. The van der Waals surface area contributed by atoms with E-state index in [0.717, 1.165) is 39.1 Å². The van der Waals surface area contributed by atoms with Gasteiger partial charge in [0.2, 0.25) is 5.91 Å². The van der Waals surface area contributed by atoms with E-state index >= 15 is 0 Å². The van der Waals surface area contributed by atoms with Crippen molar-refractivity contribution in [1.82, 2.24) is 10.2 Å². The van der Waals surface area contributed by atoms with Gasteiger partial charge in [0.05, 0.1) is 0 Å². The number of amides is 1. The van der Waals surface area contributed by atoms with Crippen molar-refractivity contribution in [2.75, 3.05) is 39.9 Å². The molecule has 0 spiro atoms. The van der Waals surface area contributed by atoms with Crippen molar-refractivity contribution < 1.29 is 9.53 Å². The molecule has 1 heterocycles. The maximum Gasteiger partial charge on any atom is 0.222 e. The van der Waals surface area contributed by atoms with Crippen LogP contribution in [0.4, 0.5) is 0 Å². The molecule has 0 saturated carbocycles. The molecule has 4 nitrogen and oxygen atoms in total. The van der Waals surface area contributed by atoms with Gasteiger partial charge in [0.1, 0.15) is 0 Å². The quantitative estimate of drug-likeness (QED) is 0.721. The predicted octanol–water partition coefficient (Wildman–Crippen LogP) is 1.68. The second kappa shape index (κ2) is 10.6. The molecule has 1 saturated heterocycles. The van der Waals surface area contributed by atoms with E-state index in [4.69, 9.17) is 4.74 Å². The number of nitrogens with zero attached hydrogens (tertiary/aromatic N) is 1. The van der Waals surface area contributed by atoms with E-state index in [1.807, 2.05) is 18.9 Å². The van der Waals surface area contributed by atoms with Crippen molar-refractivity contribution in [2.24, 2.45) is 5.92 Å². The van der Waals surface area contributed by atoms with Gasteiger partial charge >= 0.3 is 0 Å². The van der Waals surface area contributed by atoms with Gasteiger partial charge in [-0.15, -0.1) is 12.4 Å². The molecule has 1 amide bonds. The van der Waals surface area contributed by atoms with Crippen molar-refractivity contribution in [3.8, 4) is 0 Å². The van der Waals surface area contributed by atoms with Crippen LogP contribution in [-0.2, 0) is 9.53 Å². The number of piperidine rings is 1. The van der Waals surface area contributed by atoms with Crippen LogP contribution >= 0.6 is 12.4 Å². The van der Waals surface area contributed by atoms with Gasteiger partial charge in [0, 0.05) is 32.7 Å². The lowest BCUT2D eigenvalue weighted by atomic mass is 9.97. The van der Waals surface area contributed by atoms with Crippen molar-refractivity contribution in [3.05, 3.63) is 0 Å². The molecule has 1 aliphatic heterocycles. The summed E-state index contributed by atoms with van der Waals surface area (Å²) < 4.78 is 5.25. The van der Waals surface area contributed by atoms with Gasteiger partial charge in [0.15, 0.2) is 0 Å². The van der Waals surface area contributed by atoms with E-state index in [1.54, 1.807) is 0 Å². The van der Waals surface area contributed by atoms with Crippen LogP contribution in [0, 0.1) is 5.92 Å². The van der Waals surface area contributed by atoms with Crippen LogP contribution in [-0.4, -0.2) is 50.7 Å². The summed E-state index contributed by atoms with van der Waals surface area (Å²) in [5.41, 5.74) is 0. The molecule has 0 aromatic carbocycles. The number of likely N-dealkylation sites (tertiary alicyclic amines) is 1. The minimum atomic E-state index is 0. The molecule has 0 aromatic heterocycles. The van der Waals surface area contributed by atoms with Crippen molar-refractivity contribution in [1.29, 1.82) is 0 Å². The minimum absolute atomic E-state index is 0. The first-order valence-corrected chi connectivity index (χ1v) is 6.78. The van der Waals surface area contributed by atoms with Gasteiger partial charge < -0.3 is 15.0 Å². The fourth-order valence-electron chi connectivity index (χ4n) is 2.37. The summed E-state index contributed by atoms with van der Waals surface area (Å²) in [5.74, 6) is 0.926. The van der Waals surface area contributed by atoms with Crippen LogP contribution in [0.25, 0.3) is 0 Å². The first kappa shape index (κ1) is 17.7. The number of carbonyl (C=O) groups excluding carboxylic acids is 1. The number of nitrogens with one attached hydrogen (secondary N) is 1. The Morgan fingerprint density at radius 1 is 1.50 bits per heavy atom. The largest absolute Gasteiger partial charge is 0.382 e. The second-order valence-corrected chi connectivity index (χ2v) is 4.71. The Morgan fingerprint density at radius 3 is 2.94 bits per heavy atom. The Balaban J connectivity index is 0.00000289. The number of halogens is 1. The van der Waals surface area contributed by atoms with Crippen LogP contribution in [0.1, 0.15) is 32.6 Å². The normalized spacial score (nSPS) is 19.4. The van der Waals surface area contributed by atoms with E-state index < -0.39 is 0 Å². The van der Waals surface area contributed by atoms with Crippen LogP contribution in [0.3, 0.4) is 0 Å². The van der Waals surface area contributed by atoms with Gasteiger partial charge in [-0.25, -0.2) is 0 Å². The topological polar surface area (TPSA) is 41.6 Å². The number of rotatable bonds is 7. The molecule has 1 fully saturated rings. The van der Waals surface area contributed by atoms with E-state index in [1.165, 1.54) is 6.42 Å². The average Bonchev–Trinajstić information content (AvgIpc) is 2.35. The van der Waals surface area contributed by atoms with E-state index in [-0.39, 0.29) is 12.4 Å². The zero-order valence-electron chi connectivity index (χ0n) is 11.6. The molecule has 0 bridgehead atoms. The van der Waals surface area contributed by atoms with Crippen LogP contribution in [0.5, 0.6) is 0 Å². The zero-order chi connectivity index (χ0) is 12.5. The van der Waals surface area contributed by atoms with Crippen molar-refractivity contribution in [3.63, 3.8) is 0 Å². The molecule has 0 radical (unpaired) electrons. The van der Waals surface area contributed by atoms with Crippen molar-refractivity contribution in [2.45, 2.75) is 32.6 Å². The molecule has 0 aliphatic carbocycles. The molecule has 1 rings (SSSR count). The third kappa shape index (κ3) is 6.57. The summed E-state index contributed by atoms with van der Waals surface area (Å²) in [5, 5.41) is 3.20. The SMILES string of the molecule is CCOCCCC(=O)N1CCCC(CNC)C1.Cl. The standard InChI is InChI=1S/C13H26N2O2.ClH/c1-3-17-9-5-7-13(16)15-8-4-6-12(11-15)10-14-2;/h12,14H,3-11H2,1-2H3;1H. The summed E-state index contributed by atoms with van der Waals surface area (Å²) in [6.07, 6.45) is 3.86. The lowest BCUT2D eigenvalue weighted by Gasteiger charge is -2.32. The highest BCUT2D eigenvalue weighted by molar-refractivity contribution is 5.85. The third-order valence-corrected chi connectivity index (χ3v) is 3.25. The lowest BCUT2D eigenvalue weighted by molar-refractivity contribution is -0.133. The Kier molecular flexibility index (Phi) is 10.4. The summed E-state index contributed by atoms with van der Waals surface area (Å²) in [4.78, 5) is 14.0. The number of hydrogen-bond acceptors (Lipinski definition) is 3. The Morgan fingerprint density at radius 2 is 2.28 bits per heavy atom. The number of carbonyl (C=O) groups is 1. The Labute approximate surface area is 117 Å². The highest BCUT2D eigenvalue weighted by Gasteiger charge is 2.22. The second-order valence-electron chi connectivity index (χ2n) is 4.71. The lowest BCUT2D eigenvalue weighted by Crippen LogP contribution is -2.42. The van der Waals surface area contributed by atoms with E-state index in [9.17, 15) is 4.79 Å². The molecule has 0 aromatic rings. The van der Waals surface area contributed by atoms with Gasteiger partial charge in [-0.05, 0) is 45.7 Å². The minimum Gasteiger partial charge on any atom is -0.382 e. The van der Waals surface area contributed by atoms with Crippen LogP contribution in [0.2, 0.25) is 0 Å². The first-order chi connectivity index (χ1) is 8.27. The van der Waals surface area contributed by atoms with Crippen LogP contribution < -0.4 is 5.32 Å². The average molecular weight is 279 g/mol. The Hall–Kier alpha value is -0.320. The summed E-state index contributed by atoms with van der Waals surface area (Å²) in [6, 6.07) is 0. The molecular weight excluding hydrogens is 252 g/mol.